The number of aromatic nitrogens is 4. The molecular weight excluding hydrogens is 334 g/mol. The van der Waals surface area contributed by atoms with Crippen LogP contribution in [-0.4, -0.2) is 63.9 Å². The van der Waals surface area contributed by atoms with Gasteiger partial charge in [0.25, 0.3) is 5.91 Å². The van der Waals surface area contributed by atoms with E-state index in [0.717, 1.165) is 24.5 Å². The fraction of sp³-hybridized carbons (Fsp3) is 0.556. The molecule has 0 saturated carbocycles. The van der Waals surface area contributed by atoms with Crippen molar-refractivity contribution in [3.05, 3.63) is 35.7 Å². The van der Waals surface area contributed by atoms with E-state index in [0.29, 0.717) is 31.2 Å². The molecule has 0 bridgehead atoms. The zero-order valence-corrected chi connectivity index (χ0v) is 15.4. The number of carbonyl (C=O) groups is 1. The van der Waals surface area contributed by atoms with Gasteiger partial charge in [0.2, 0.25) is 0 Å². The van der Waals surface area contributed by atoms with Gasteiger partial charge in [0.1, 0.15) is 5.82 Å². The lowest BCUT2D eigenvalue weighted by Gasteiger charge is -2.24. The molecule has 0 aromatic carbocycles. The first-order valence-corrected chi connectivity index (χ1v) is 8.94. The van der Waals surface area contributed by atoms with Crippen molar-refractivity contribution in [3.63, 3.8) is 0 Å². The van der Waals surface area contributed by atoms with Crippen molar-refractivity contribution in [2.45, 2.75) is 38.7 Å². The molecule has 8 heteroatoms. The highest BCUT2D eigenvalue weighted by atomic mass is 16.5. The predicted molar refractivity (Wildman–Crippen MR) is 95.2 cm³/mol. The Labute approximate surface area is 152 Å². The van der Waals surface area contributed by atoms with Crippen LogP contribution in [0.15, 0.2) is 18.3 Å². The van der Waals surface area contributed by atoms with Crippen LogP contribution in [0.1, 0.15) is 47.8 Å². The summed E-state index contributed by atoms with van der Waals surface area (Å²) in [6.45, 7) is 5.52. The van der Waals surface area contributed by atoms with E-state index < -0.39 is 0 Å². The quantitative estimate of drug-likeness (QED) is 0.812. The molecule has 1 amide bonds. The number of likely N-dealkylation sites (N-methyl/N-ethyl adjacent to an activating group) is 1. The van der Waals surface area contributed by atoms with Gasteiger partial charge in [0.05, 0.1) is 18.6 Å². The topological polar surface area (TPSA) is 93.2 Å². The maximum atomic E-state index is 12.9. The SMILES string of the molecule is CCCOc1cccnc1C(=O)N(C)C[C@H]1OCC[C@H]1c1n[nH]c(C)n1. The van der Waals surface area contributed by atoms with Gasteiger partial charge in [-0.25, -0.2) is 9.97 Å². The number of hydrogen-bond donors (Lipinski definition) is 1. The molecule has 1 aliphatic rings. The van der Waals surface area contributed by atoms with E-state index in [1.54, 1.807) is 30.3 Å². The first-order valence-electron chi connectivity index (χ1n) is 8.94. The van der Waals surface area contributed by atoms with Crippen molar-refractivity contribution in [2.75, 3.05) is 26.8 Å². The molecule has 1 aliphatic heterocycles. The fourth-order valence-electron chi connectivity index (χ4n) is 3.06. The van der Waals surface area contributed by atoms with E-state index in [1.165, 1.54) is 0 Å². The number of aryl methyl sites for hydroxylation is 1. The fourth-order valence-corrected chi connectivity index (χ4v) is 3.06. The van der Waals surface area contributed by atoms with Crippen LogP contribution >= 0.6 is 0 Å². The van der Waals surface area contributed by atoms with Crippen LogP contribution in [0.25, 0.3) is 0 Å². The van der Waals surface area contributed by atoms with Gasteiger partial charge in [-0.05, 0) is 31.9 Å². The molecule has 0 spiro atoms. The Hall–Kier alpha value is -2.48. The molecule has 0 aliphatic carbocycles. The molecule has 2 aromatic rings. The number of aromatic amines is 1. The molecule has 0 unspecified atom stereocenters. The first kappa shape index (κ1) is 18.3. The number of hydrogen-bond acceptors (Lipinski definition) is 6. The summed E-state index contributed by atoms with van der Waals surface area (Å²) in [6.07, 6.45) is 3.18. The highest BCUT2D eigenvalue weighted by molar-refractivity contribution is 5.94. The molecule has 140 valence electrons. The van der Waals surface area contributed by atoms with Gasteiger partial charge in [-0.3, -0.25) is 9.89 Å². The smallest absolute Gasteiger partial charge is 0.276 e. The Morgan fingerprint density at radius 3 is 3.08 bits per heavy atom. The molecule has 26 heavy (non-hydrogen) atoms. The average molecular weight is 359 g/mol. The molecule has 2 atom stereocenters. The standard InChI is InChI=1S/C18H25N5O3/c1-4-9-25-14-6-5-8-19-16(14)18(24)23(3)11-15-13(7-10-26-15)17-20-12(2)21-22-17/h5-6,8,13,15H,4,7,9-11H2,1-3H3,(H,20,21,22)/t13-,15-/m1/s1. The van der Waals surface area contributed by atoms with Crippen LogP contribution in [0.4, 0.5) is 0 Å². The second-order valence-corrected chi connectivity index (χ2v) is 6.47. The highest BCUT2D eigenvalue weighted by Gasteiger charge is 2.34. The Bertz CT molecular complexity index is 748. The lowest BCUT2D eigenvalue weighted by Crippen LogP contribution is -2.37. The van der Waals surface area contributed by atoms with Gasteiger partial charge >= 0.3 is 0 Å². The monoisotopic (exact) mass is 359 g/mol. The van der Waals surface area contributed by atoms with E-state index in [-0.39, 0.29) is 17.9 Å². The number of pyridine rings is 1. The van der Waals surface area contributed by atoms with E-state index in [2.05, 4.69) is 20.2 Å². The minimum atomic E-state index is -0.183. The van der Waals surface area contributed by atoms with Gasteiger partial charge in [0.15, 0.2) is 17.3 Å². The molecule has 1 fully saturated rings. The van der Waals surface area contributed by atoms with Crippen molar-refractivity contribution in [1.82, 2.24) is 25.1 Å². The molecule has 0 radical (unpaired) electrons. The summed E-state index contributed by atoms with van der Waals surface area (Å²) in [4.78, 5) is 23.1. The van der Waals surface area contributed by atoms with E-state index in [4.69, 9.17) is 9.47 Å². The average Bonchev–Trinajstić information content (AvgIpc) is 3.28. The summed E-state index contributed by atoms with van der Waals surface area (Å²) in [5, 5.41) is 7.13. The van der Waals surface area contributed by atoms with Crippen LogP contribution < -0.4 is 4.74 Å². The Balaban J connectivity index is 1.69. The minimum absolute atomic E-state index is 0.0785. The van der Waals surface area contributed by atoms with E-state index >= 15 is 0 Å². The van der Waals surface area contributed by atoms with Crippen molar-refractivity contribution in [3.8, 4) is 5.75 Å². The number of H-pyrrole nitrogens is 1. The van der Waals surface area contributed by atoms with E-state index in [1.807, 2.05) is 13.8 Å². The van der Waals surface area contributed by atoms with Gasteiger partial charge in [-0.1, -0.05) is 6.92 Å². The highest BCUT2D eigenvalue weighted by Crippen LogP contribution is 2.30. The van der Waals surface area contributed by atoms with Crippen molar-refractivity contribution < 1.29 is 14.3 Å². The molecule has 3 heterocycles. The molecule has 1 saturated heterocycles. The van der Waals surface area contributed by atoms with Crippen molar-refractivity contribution in [1.29, 1.82) is 0 Å². The zero-order chi connectivity index (χ0) is 18.5. The van der Waals surface area contributed by atoms with Crippen LogP contribution in [0.3, 0.4) is 0 Å². The molecular formula is C18H25N5O3. The molecule has 3 rings (SSSR count). The molecule has 8 nitrogen and oxygen atoms in total. The summed E-state index contributed by atoms with van der Waals surface area (Å²) in [7, 11) is 1.75. The van der Waals surface area contributed by atoms with Crippen LogP contribution in [0.2, 0.25) is 0 Å². The zero-order valence-electron chi connectivity index (χ0n) is 15.4. The Morgan fingerprint density at radius 2 is 2.35 bits per heavy atom. The number of nitrogens with zero attached hydrogens (tertiary/aromatic N) is 4. The molecule has 1 N–H and O–H groups in total. The minimum Gasteiger partial charge on any atom is -0.491 e. The van der Waals surface area contributed by atoms with Crippen LogP contribution in [0.5, 0.6) is 5.75 Å². The third kappa shape index (κ3) is 4.01. The number of carbonyl (C=O) groups excluding carboxylic acids is 1. The summed E-state index contributed by atoms with van der Waals surface area (Å²) >= 11 is 0. The Kier molecular flexibility index (Phi) is 5.82. The van der Waals surface area contributed by atoms with E-state index in [9.17, 15) is 4.79 Å². The second-order valence-electron chi connectivity index (χ2n) is 6.47. The van der Waals surface area contributed by atoms with Gasteiger partial charge in [0, 0.05) is 26.4 Å². The van der Waals surface area contributed by atoms with Gasteiger partial charge in [-0.2, -0.15) is 5.10 Å². The van der Waals surface area contributed by atoms with Crippen molar-refractivity contribution in [2.24, 2.45) is 0 Å². The van der Waals surface area contributed by atoms with Crippen LogP contribution in [-0.2, 0) is 4.74 Å². The number of amides is 1. The maximum Gasteiger partial charge on any atom is 0.276 e. The normalized spacial score (nSPS) is 19.5. The van der Waals surface area contributed by atoms with Crippen LogP contribution in [0, 0.1) is 6.92 Å². The predicted octanol–water partition coefficient (Wildman–Crippen LogP) is 1.94. The summed E-state index contributed by atoms with van der Waals surface area (Å²) in [5.74, 6) is 1.93. The number of rotatable bonds is 7. The lowest BCUT2D eigenvalue weighted by molar-refractivity contribution is 0.0543. The Morgan fingerprint density at radius 1 is 1.50 bits per heavy atom. The van der Waals surface area contributed by atoms with Gasteiger partial charge in [-0.15, -0.1) is 0 Å². The second kappa shape index (κ2) is 8.27. The number of nitrogens with one attached hydrogen (secondary N) is 1. The third-order valence-electron chi connectivity index (χ3n) is 4.39. The maximum absolute atomic E-state index is 12.9. The molecule has 2 aromatic heterocycles. The summed E-state index contributed by atoms with van der Waals surface area (Å²) in [6, 6.07) is 3.54. The number of ether oxygens (including phenoxy) is 2. The lowest BCUT2D eigenvalue weighted by atomic mass is 10.0. The third-order valence-corrected chi connectivity index (χ3v) is 4.39. The van der Waals surface area contributed by atoms with Crippen molar-refractivity contribution >= 4 is 5.91 Å². The largest absolute Gasteiger partial charge is 0.491 e. The summed E-state index contributed by atoms with van der Waals surface area (Å²) in [5.41, 5.74) is 0.326. The summed E-state index contributed by atoms with van der Waals surface area (Å²) < 4.78 is 11.5. The first-order chi connectivity index (χ1) is 12.6. The van der Waals surface area contributed by atoms with Gasteiger partial charge < -0.3 is 14.4 Å².